The van der Waals surface area contributed by atoms with Crippen molar-refractivity contribution in [2.24, 2.45) is 5.92 Å². The molecule has 0 spiro atoms. The number of fused-ring (bicyclic) bond motifs is 2. The first-order chi connectivity index (χ1) is 18.4. The van der Waals surface area contributed by atoms with Crippen LogP contribution >= 0.6 is 0 Å². The second-order valence-electron chi connectivity index (χ2n) is 10.6. The normalized spacial score (nSPS) is 26.1. The summed E-state index contributed by atoms with van der Waals surface area (Å²) in [6.07, 6.45) is 1.33. The molecule has 3 N–H and O–H groups in total. The van der Waals surface area contributed by atoms with Gasteiger partial charge in [-0.2, -0.15) is 5.26 Å². The van der Waals surface area contributed by atoms with E-state index in [-0.39, 0.29) is 24.0 Å². The van der Waals surface area contributed by atoms with Gasteiger partial charge in [0, 0.05) is 25.2 Å². The summed E-state index contributed by atoms with van der Waals surface area (Å²) in [5.74, 6) is -1.69. The Bertz CT molecular complexity index is 1200. The number of benzene rings is 2. The topological polar surface area (TPSA) is 117 Å². The van der Waals surface area contributed by atoms with Crippen molar-refractivity contribution in [3.63, 3.8) is 0 Å². The Morgan fingerprint density at radius 2 is 1.76 bits per heavy atom. The fraction of sp³-hybridized carbons (Fsp3) is 0.483. The third kappa shape index (κ3) is 5.11. The third-order valence-electron chi connectivity index (χ3n) is 8.29. The van der Waals surface area contributed by atoms with Gasteiger partial charge in [-0.1, -0.05) is 30.3 Å². The Morgan fingerprint density at radius 1 is 1.05 bits per heavy atom. The molecule has 2 bridgehead atoms. The average molecular weight is 521 g/mol. The molecule has 3 heterocycles. The van der Waals surface area contributed by atoms with Gasteiger partial charge in [0.25, 0.3) is 11.8 Å². The summed E-state index contributed by atoms with van der Waals surface area (Å²) in [4.78, 5) is 29.5. The van der Waals surface area contributed by atoms with Crippen LogP contribution in [0.3, 0.4) is 0 Å². The SMILES string of the molecule is N#Cc1cc(F)ccc1N1C2CCC1CC(CNC(=O)C(O)C(O)C(=O)N1CCC[C@H]1c1ccccc1)C2. The molecule has 5 rings (SSSR count). The number of aliphatic hydroxyl groups excluding tert-OH is 2. The van der Waals surface area contributed by atoms with E-state index in [1.165, 1.54) is 12.1 Å². The zero-order valence-electron chi connectivity index (χ0n) is 21.2. The molecule has 3 fully saturated rings. The molecule has 8 nitrogen and oxygen atoms in total. The summed E-state index contributed by atoms with van der Waals surface area (Å²) < 4.78 is 13.6. The standard InChI is InChI=1S/C29H33FN4O4/c30-21-8-11-25(20(15-21)16-31)34-22-9-10-23(34)14-18(13-22)17-32-28(37)26(35)27(36)29(38)33-12-4-7-24(33)19-5-2-1-3-6-19/h1-3,5-6,8,11,15,18,22-24,26-27,35-36H,4,7,9-10,12-14,17H2,(H,32,37)/t18?,22?,23?,24-,26?,27?/m0/s1. The molecule has 0 saturated carbocycles. The van der Waals surface area contributed by atoms with E-state index in [9.17, 15) is 29.5 Å². The van der Waals surface area contributed by atoms with Crippen molar-refractivity contribution in [1.29, 1.82) is 5.26 Å². The van der Waals surface area contributed by atoms with E-state index >= 15 is 0 Å². The van der Waals surface area contributed by atoms with E-state index in [4.69, 9.17) is 0 Å². The van der Waals surface area contributed by atoms with Crippen LogP contribution in [0.1, 0.15) is 55.7 Å². The van der Waals surface area contributed by atoms with Gasteiger partial charge in [0.15, 0.2) is 12.2 Å². The number of aliphatic hydroxyl groups is 2. The first-order valence-electron chi connectivity index (χ1n) is 13.3. The van der Waals surface area contributed by atoms with Crippen molar-refractivity contribution in [1.82, 2.24) is 10.2 Å². The highest BCUT2D eigenvalue weighted by Gasteiger charge is 2.42. The van der Waals surface area contributed by atoms with Crippen LogP contribution in [0.25, 0.3) is 0 Å². The lowest BCUT2D eigenvalue weighted by Crippen LogP contribution is -2.52. The number of hydrogen-bond acceptors (Lipinski definition) is 6. The number of nitrogens with one attached hydrogen (secondary N) is 1. The van der Waals surface area contributed by atoms with Crippen LogP contribution in [-0.4, -0.2) is 64.3 Å². The minimum Gasteiger partial charge on any atom is -0.380 e. The Kier molecular flexibility index (Phi) is 7.63. The van der Waals surface area contributed by atoms with Gasteiger partial charge in [-0.25, -0.2) is 4.39 Å². The van der Waals surface area contributed by atoms with Crippen molar-refractivity contribution in [2.45, 2.75) is 68.9 Å². The number of piperidine rings is 1. The zero-order chi connectivity index (χ0) is 26.8. The number of amides is 2. The van der Waals surface area contributed by atoms with Gasteiger partial charge in [-0.3, -0.25) is 9.59 Å². The number of carbonyl (C=O) groups excluding carboxylic acids is 2. The molecule has 0 aromatic heterocycles. The highest BCUT2D eigenvalue weighted by atomic mass is 19.1. The van der Waals surface area contributed by atoms with Crippen molar-refractivity contribution in [3.8, 4) is 6.07 Å². The lowest BCUT2D eigenvalue weighted by atomic mass is 9.89. The largest absolute Gasteiger partial charge is 0.380 e. The van der Waals surface area contributed by atoms with E-state index in [0.717, 1.165) is 49.8 Å². The van der Waals surface area contributed by atoms with Gasteiger partial charge >= 0.3 is 0 Å². The minimum atomic E-state index is -1.85. The number of rotatable bonds is 7. The second kappa shape index (κ2) is 11.1. The molecule has 2 amide bonds. The highest BCUT2D eigenvalue weighted by Crippen LogP contribution is 2.42. The molecular formula is C29H33FN4O4. The molecule has 3 aliphatic heterocycles. The molecule has 38 heavy (non-hydrogen) atoms. The van der Waals surface area contributed by atoms with Crippen LogP contribution in [-0.2, 0) is 9.59 Å². The van der Waals surface area contributed by atoms with E-state index in [2.05, 4.69) is 16.3 Å². The summed E-state index contributed by atoms with van der Waals surface area (Å²) >= 11 is 0. The monoisotopic (exact) mass is 520 g/mol. The zero-order valence-corrected chi connectivity index (χ0v) is 21.2. The van der Waals surface area contributed by atoms with Crippen LogP contribution < -0.4 is 10.2 Å². The van der Waals surface area contributed by atoms with Crippen LogP contribution in [0, 0.1) is 23.1 Å². The number of likely N-dealkylation sites (tertiary alicyclic amines) is 1. The van der Waals surface area contributed by atoms with Gasteiger partial charge in [-0.15, -0.1) is 0 Å². The van der Waals surface area contributed by atoms with E-state index in [0.29, 0.717) is 18.7 Å². The Balaban J connectivity index is 1.16. The number of hydrogen-bond donors (Lipinski definition) is 3. The fourth-order valence-corrected chi connectivity index (χ4v) is 6.52. The molecule has 2 aromatic carbocycles. The average Bonchev–Trinajstić information content (AvgIpc) is 3.53. The Morgan fingerprint density at radius 3 is 2.45 bits per heavy atom. The minimum absolute atomic E-state index is 0.153. The molecule has 9 heteroatoms. The number of anilines is 1. The lowest BCUT2D eigenvalue weighted by molar-refractivity contribution is -0.153. The molecule has 4 unspecified atom stereocenters. The van der Waals surface area contributed by atoms with E-state index in [1.54, 1.807) is 11.0 Å². The van der Waals surface area contributed by atoms with Gasteiger partial charge in [0.05, 0.1) is 17.3 Å². The maximum absolute atomic E-state index is 13.6. The van der Waals surface area contributed by atoms with Crippen LogP contribution in [0.15, 0.2) is 48.5 Å². The van der Waals surface area contributed by atoms with Gasteiger partial charge in [0.2, 0.25) is 0 Å². The first kappa shape index (κ1) is 26.1. The molecule has 2 aromatic rings. The van der Waals surface area contributed by atoms with Crippen molar-refractivity contribution < 1.29 is 24.2 Å². The molecule has 0 aliphatic carbocycles. The number of carbonyl (C=O) groups is 2. The van der Waals surface area contributed by atoms with E-state index < -0.39 is 29.8 Å². The first-order valence-corrected chi connectivity index (χ1v) is 13.3. The number of halogens is 1. The summed E-state index contributed by atoms with van der Waals surface area (Å²) in [5, 5.41) is 33.3. The van der Waals surface area contributed by atoms with Gasteiger partial charge < -0.3 is 25.3 Å². The maximum atomic E-state index is 13.6. The molecule has 3 saturated heterocycles. The molecule has 5 atom stereocenters. The van der Waals surface area contributed by atoms with Gasteiger partial charge in [-0.05, 0) is 68.2 Å². The van der Waals surface area contributed by atoms with Gasteiger partial charge in [0.1, 0.15) is 11.9 Å². The van der Waals surface area contributed by atoms with Crippen LogP contribution in [0.4, 0.5) is 10.1 Å². The summed E-state index contributed by atoms with van der Waals surface area (Å²) in [5.41, 5.74) is 2.03. The second-order valence-corrected chi connectivity index (χ2v) is 10.6. The number of nitrogens with zero attached hydrogens (tertiary/aromatic N) is 3. The quantitative estimate of drug-likeness (QED) is 0.517. The third-order valence-corrected chi connectivity index (χ3v) is 8.29. The van der Waals surface area contributed by atoms with E-state index in [1.807, 2.05) is 30.3 Å². The number of nitriles is 1. The molecule has 3 aliphatic rings. The summed E-state index contributed by atoms with van der Waals surface area (Å²) in [7, 11) is 0. The molecular weight excluding hydrogens is 487 g/mol. The molecule has 200 valence electrons. The summed E-state index contributed by atoms with van der Waals surface area (Å²) in [6.45, 7) is 0.787. The summed E-state index contributed by atoms with van der Waals surface area (Å²) in [6, 6.07) is 16.1. The molecule has 0 radical (unpaired) electrons. The Hall–Kier alpha value is -3.48. The fourth-order valence-electron chi connectivity index (χ4n) is 6.52. The predicted octanol–water partition coefficient (Wildman–Crippen LogP) is 2.65. The highest BCUT2D eigenvalue weighted by molar-refractivity contribution is 5.91. The lowest BCUT2D eigenvalue weighted by Gasteiger charge is -2.41. The predicted molar refractivity (Wildman–Crippen MR) is 138 cm³/mol. The van der Waals surface area contributed by atoms with Crippen molar-refractivity contribution >= 4 is 17.5 Å². The van der Waals surface area contributed by atoms with Crippen LogP contribution in [0.2, 0.25) is 0 Å². The maximum Gasteiger partial charge on any atom is 0.255 e. The smallest absolute Gasteiger partial charge is 0.255 e. The van der Waals surface area contributed by atoms with Crippen molar-refractivity contribution in [2.75, 3.05) is 18.0 Å². The van der Waals surface area contributed by atoms with Crippen LogP contribution in [0.5, 0.6) is 0 Å². The Labute approximate surface area is 221 Å². The van der Waals surface area contributed by atoms with Crippen molar-refractivity contribution in [3.05, 3.63) is 65.5 Å².